The Balaban J connectivity index is 1.68. The van der Waals surface area contributed by atoms with Crippen molar-refractivity contribution in [3.63, 3.8) is 0 Å². The molecule has 1 N–H and O–H groups in total. The lowest BCUT2D eigenvalue weighted by molar-refractivity contribution is -0.123. The molecule has 122 valence electrons. The molecule has 3 rings (SSSR count). The fourth-order valence-corrected chi connectivity index (χ4v) is 2.92. The first kappa shape index (κ1) is 15.7. The molecule has 1 aliphatic rings. The highest BCUT2D eigenvalue weighted by molar-refractivity contribution is 5.91. The van der Waals surface area contributed by atoms with Gasteiger partial charge >= 0.3 is 0 Å². The number of carbonyl (C=O) groups is 1. The van der Waals surface area contributed by atoms with Gasteiger partial charge in [-0.2, -0.15) is 0 Å². The Morgan fingerprint density at radius 1 is 1.30 bits per heavy atom. The third-order valence-corrected chi connectivity index (χ3v) is 4.53. The average Bonchev–Trinajstić information content (AvgIpc) is 3.17. The number of hydrogen-bond acceptors (Lipinski definition) is 3. The van der Waals surface area contributed by atoms with Gasteiger partial charge in [0.2, 0.25) is 5.91 Å². The van der Waals surface area contributed by atoms with Crippen molar-refractivity contribution in [1.29, 1.82) is 0 Å². The quantitative estimate of drug-likeness (QED) is 0.891. The first-order valence-corrected chi connectivity index (χ1v) is 7.77. The van der Waals surface area contributed by atoms with E-state index in [1.54, 1.807) is 18.4 Å². The molecule has 0 bridgehead atoms. The zero-order valence-electron chi connectivity index (χ0n) is 13.4. The maximum Gasteiger partial charge on any atom is 0.230 e. The Morgan fingerprint density at radius 2 is 2.00 bits per heavy atom. The van der Waals surface area contributed by atoms with Crippen molar-refractivity contribution in [2.75, 3.05) is 20.6 Å². The summed E-state index contributed by atoms with van der Waals surface area (Å²) >= 11 is 0. The molecule has 1 aromatic carbocycles. The molecule has 0 aliphatic heterocycles. The summed E-state index contributed by atoms with van der Waals surface area (Å²) in [6.07, 6.45) is 3.24. The number of amides is 1. The zero-order valence-corrected chi connectivity index (χ0v) is 13.4. The second-order valence-electron chi connectivity index (χ2n) is 6.29. The molecular formula is C18H21FN2O2. The van der Waals surface area contributed by atoms with Crippen LogP contribution in [0.25, 0.3) is 0 Å². The average molecular weight is 316 g/mol. The maximum absolute atomic E-state index is 13.1. The molecule has 1 fully saturated rings. The lowest BCUT2D eigenvalue weighted by atomic mass is 9.95. The van der Waals surface area contributed by atoms with Crippen LogP contribution < -0.4 is 5.32 Å². The summed E-state index contributed by atoms with van der Waals surface area (Å²) in [5.41, 5.74) is 0.393. The van der Waals surface area contributed by atoms with Crippen molar-refractivity contribution in [3.8, 4) is 0 Å². The van der Waals surface area contributed by atoms with E-state index in [9.17, 15) is 9.18 Å². The molecule has 1 atom stereocenters. The predicted octanol–water partition coefficient (Wildman–Crippen LogP) is 2.87. The second-order valence-corrected chi connectivity index (χ2v) is 6.29. The minimum atomic E-state index is -0.492. The van der Waals surface area contributed by atoms with E-state index in [0.717, 1.165) is 24.2 Å². The standard InChI is InChI=1S/C18H21FN2O2/c1-21(2)15(16-4-3-11-23-16)12-20-17(22)18(9-10-18)13-5-7-14(19)8-6-13/h3-8,11,15H,9-10,12H2,1-2H3,(H,20,22)/t15-/m0/s1. The van der Waals surface area contributed by atoms with Crippen LogP contribution in [0.3, 0.4) is 0 Å². The van der Waals surface area contributed by atoms with Crippen LogP contribution >= 0.6 is 0 Å². The smallest absolute Gasteiger partial charge is 0.230 e. The van der Waals surface area contributed by atoms with Crippen LogP contribution in [0, 0.1) is 5.82 Å². The van der Waals surface area contributed by atoms with Gasteiger partial charge in [0.25, 0.3) is 0 Å². The Bertz CT molecular complexity index is 661. The predicted molar refractivity (Wildman–Crippen MR) is 85.5 cm³/mol. The molecule has 23 heavy (non-hydrogen) atoms. The van der Waals surface area contributed by atoms with Gasteiger partial charge in [-0.05, 0) is 56.8 Å². The van der Waals surface area contributed by atoms with E-state index >= 15 is 0 Å². The molecule has 0 radical (unpaired) electrons. The van der Waals surface area contributed by atoms with Gasteiger partial charge in [-0.25, -0.2) is 4.39 Å². The Hall–Kier alpha value is -2.14. The van der Waals surface area contributed by atoms with E-state index in [0.29, 0.717) is 6.54 Å². The first-order valence-electron chi connectivity index (χ1n) is 7.77. The fourth-order valence-electron chi connectivity index (χ4n) is 2.92. The third kappa shape index (κ3) is 3.15. The first-order chi connectivity index (χ1) is 11.0. The molecule has 0 unspecified atom stereocenters. The number of halogens is 1. The molecule has 0 spiro atoms. The molecule has 1 amide bonds. The number of hydrogen-bond donors (Lipinski definition) is 1. The van der Waals surface area contributed by atoms with Gasteiger partial charge in [-0.15, -0.1) is 0 Å². The highest BCUT2D eigenvalue weighted by Crippen LogP contribution is 2.48. The number of nitrogens with one attached hydrogen (secondary N) is 1. The fraction of sp³-hybridized carbons (Fsp3) is 0.389. The van der Waals surface area contributed by atoms with E-state index in [1.165, 1.54) is 12.1 Å². The SMILES string of the molecule is CN(C)[C@@H](CNC(=O)C1(c2ccc(F)cc2)CC1)c1ccco1. The number of carbonyl (C=O) groups excluding carboxylic acids is 1. The normalized spacial score (nSPS) is 17.0. The minimum absolute atomic E-state index is 0.00233. The van der Waals surface area contributed by atoms with Crippen LogP contribution in [0.4, 0.5) is 4.39 Å². The molecule has 2 aromatic rings. The third-order valence-electron chi connectivity index (χ3n) is 4.53. The largest absolute Gasteiger partial charge is 0.468 e. The van der Waals surface area contributed by atoms with E-state index in [2.05, 4.69) is 5.32 Å². The summed E-state index contributed by atoms with van der Waals surface area (Å²) in [7, 11) is 3.90. The number of rotatable bonds is 6. The van der Waals surface area contributed by atoms with E-state index in [1.807, 2.05) is 31.1 Å². The summed E-state index contributed by atoms with van der Waals surface area (Å²) in [5, 5.41) is 3.03. The van der Waals surface area contributed by atoms with Crippen LogP contribution in [-0.2, 0) is 10.2 Å². The van der Waals surface area contributed by atoms with E-state index < -0.39 is 5.41 Å². The number of benzene rings is 1. The van der Waals surface area contributed by atoms with Crippen LogP contribution in [0.5, 0.6) is 0 Å². The highest BCUT2D eigenvalue weighted by atomic mass is 19.1. The summed E-state index contributed by atoms with van der Waals surface area (Å²) in [6.45, 7) is 0.474. The molecule has 0 saturated heterocycles. The number of furan rings is 1. The van der Waals surface area contributed by atoms with Crippen molar-refractivity contribution in [2.24, 2.45) is 0 Å². The highest BCUT2D eigenvalue weighted by Gasteiger charge is 2.51. The molecular weight excluding hydrogens is 295 g/mol. The van der Waals surface area contributed by atoms with Gasteiger partial charge < -0.3 is 9.73 Å². The van der Waals surface area contributed by atoms with Crippen molar-refractivity contribution in [2.45, 2.75) is 24.3 Å². The van der Waals surface area contributed by atoms with E-state index in [-0.39, 0.29) is 17.8 Å². The maximum atomic E-state index is 13.1. The zero-order chi connectivity index (χ0) is 16.4. The lowest BCUT2D eigenvalue weighted by Gasteiger charge is -2.24. The summed E-state index contributed by atoms with van der Waals surface area (Å²) in [5.74, 6) is 0.542. The van der Waals surface area contributed by atoms with Crippen molar-refractivity contribution < 1.29 is 13.6 Å². The molecule has 1 saturated carbocycles. The van der Waals surface area contributed by atoms with Crippen molar-refractivity contribution in [1.82, 2.24) is 10.2 Å². The summed E-state index contributed by atoms with van der Waals surface area (Å²) < 4.78 is 18.5. The van der Waals surface area contributed by atoms with Gasteiger partial charge in [-0.1, -0.05) is 12.1 Å². The monoisotopic (exact) mass is 316 g/mol. The Kier molecular flexibility index (Phi) is 4.22. The summed E-state index contributed by atoms with van der Waals surface area (Å²) in [4.78, 5) is 14.7. The topological polar surface area (TPSA) is 45.5 Å². The second kappa shape index (κ2) is 6.16. The summed E-state index contributed by atoms with van der Waals surface area (Å²) in [6, 6.07) is 9.97. The lowest BCUT2D eigenvalue weighted by Crippen LogP contribution is -2.40. The van der Waals surface area contributed by atoms with Crippen LogP contribution in [0.2, 0.25) is 0 Å². The van der Waals surface area contributed by atoms with Crippen molar-refractivity contribution >= 4 is 5.91 Å². The Morgan fingerprint density at radius 3 is 2.52 bits per heavy atom. The molecule has 5 heteroatoms. The van der Waals surface area contributed by atoms with Gasteiger partial charge in [0.15, 0.2) is 0 Å². The molecule has 1 heterocycles. The molecule has 1 aliphatic carbocycles. The van der Waals surface area contributed by atoms with Crippen molar-refractivity contribution in [3.05, 3.63) is 59.8 Å². The molecule has 4 nitrogen and oxygen atoms in total. The number of likely N-dealkylation sites (N-methyl/N-ethyl adjacent to an activating group) is 1. The van der Waals surface area contributed by atoms with Crippen LogP contribution in [0.15, 0.2) is 47.1 Å². The van der Waals surface area contributed by atoms with Gasteiger partial charge in [0.05, 0.1) is 17.7 Å². The van der Waals surface area contributed by atoms with Crippen LogP contribution in [-0.4, -0.2) is 31.4 Å². The molecule has 1 aromatic heterocycles. The Labute approximate surface area is 135 Å². The number of nitrogens with zero attached hydrogens (tertiary/aromatic N) is 1. The van der Waals surface area contributed by atoms with Gasteiger partial charge in [0.1, 0.15) is 11.6 Å². The van der Waals surface area contributed by atoms with Gasteiger partial charge in [0, 0.05) is 6.54 Å². The van der Waals surface area contributed by atoms with Crippen LogP contribution in [0.1, 0.15) is 30.2 Å². The van der Waals surface area contributed by atoms with Gasteiger partial charge in [-0.3, -0.25) is 9.69 Å². The minimum Gasteiger partial charge on any atom is -0.468 e. The van der Waals surface area contributed by atoms with E-state index in [4.69, 9.17) is 4.42 Å².